The van der Waals surface area contributed by atoms with Crippen molar-refractivity contribution >= 4 is 16.3 Å². The number of hydrogen-bond acceptors (Lipinski definition) is 3. The first kappa shape index (κ1) is 11.0. The number of nitrogens with one attached hydrogen (secondary N) is 2. The molecule has 1 aromatic heterocycles. The molecular weight excluding hydrogens is 204 g/mol. The molecule has 0 aliphatic heterocycles. The van der Waals surface area contributed by atoms with Crippen LogP contribution in [0, 0.1) is 12.3 Å². The molecule has 0 unspecified atom stereocenters. The van der Waals surface area contributed by atoms with Gasteiger partial charge in [-0.2, -0.15) is 0 Å². The Morgan fingerprint density at radius 1 is 1.40 bits per heavy atom. The number of rotatable bonds is 5. The Morgan fingerprint density at radius 3 is 2.67 bits per heavy atom. The van der Waals surface area contributed by atoms with Gasteiger partial charge in [-0.15, -0.1) is 11.3 Å². The lowest BCUT2D eigenvalue weighted by Gasteiger charge is -2.42. The summed E-state index contributed by atoms with van der Waals surface area (Å²) in [6, 6.07) is 2.18. The Labute approximate surface area is 96.1 Å². The van der Waals surface area contributed by atoms with Crippen molar-refractivity contribution in [3.8, 4) is 0 Å². The van der Waals surface area contributed by atoms with Gasteiger partial charge in [0.2, 0.25) is 0 Å². The zero-order valence-corrected chi connectivity index (χ0v) is 10.4. The maximum absolute atomic E-state index is 3.60. The molecule has 15 heavy (non-hydrogen) atoms. The molecule has 2 rings (SSSR count). The zero-order valence-electron chi connectivity index (χ0n) is 9.60. The lowest BCUT2D eigenvalue weighted by Crippen LogP contribution is -2.44. The van der Waals surface area contributed by atoms with Gasteiger partial charge < -0.3 is 10.6 Å². The van der Waals surface area contributed by atoms with E-state index in [2.05, 4.69) is 36.1 Å². The minimum absolute atomic E-state index is 0.519. The third kappa shape index (κ3) is 2.34. The third-order valence-corrected chi connectivity index (χ3v) is 4.43. The number of aryl methyl sites for hydroxylation is 1. The van der Waals surface area contributed by atoms with Crippen molar-refractivity contribution in [1.82, 2.24) is 5.32 Å². The van der Waals surface area contributed by atoms with Gasteiger partial charge in [-0.3, -0.25) is 0 Å². The van der Waals surface area contributed by atoms with Crippen molar-refractivity contribution in [3.63, 3.8) is 0 Å². The molecule has 3 heteroatoms. The summed E-state index contributed by atoms with van der Waals surface area (Å²) in [6.45, 7) is 4.43. The summed E-state index contributed by atoms with van der Waals surface area (Å²) >= 11 is 1.81. The van der Waals surface area contributed by atoms with Crippen molar-refractivity contribution in [1.29, 1.82) is 0 Å². The van der Waals surface area contributed by atoms with E-state index in [4.69, 9.17) is 0 Å². The van der Waals surface area contributed by atoms with Gasteiger partial charge in [-0.1, -0.05) is 6.42 Å². The van der Waals surface area contributed by atoms with Crippen LogP contribution in [0.4, 0.5) is 5.00 Å². The van der Waals surface area contributed by atoms with Gasteiger partial charge in [0, 0.05) is 18.5 Å². The van der Waals surface area contributed by atoms with Gasteiger partial charge in [0.15, 0.2) is 0 Å². The highest BCUT2D eigenvalue weighted by molar-refractivity contribution is 7.14. The average Bonchev–Trinajstić information content (AvgIpc) is 2.56. The Kier molecular flexibility index (Phi) is 3.32. The summed E-state index contributed by atoms with van der Waals surface area (Å²) in [5.74, 6) is 0. The summed E-state index contributed by atoms with van der Waals surface area (Å²) < 4.78 is 0. The zero-order chi connectivity index (χ0) is 10.7. The predicted octanol–water partition coefficient (Wildman–Crippen LogP) is 2.86. The molecule has 2 N–H and O–H groups in total. The van der Waals surface area contributed by atoms with E-state index >= 15 is 0 Å². The van der Waals surface area contributed by atoms with Crippen molar-refractivity contribution in [2.24, 2.45) is 5.41 Å². The van der Waals surface area contributed by atoms with E-state index in [1.165, 1.54) is 29.8 Å². The highest BCUT2D eigenvalue weighted by Gasteiger charge is 2.35. The maximum atomic E-state index is 3.60. The molecule has 1 saturated carbocycles. The molecule has 0 aromatic carbocycles. The quantitative estimate of drug-likeness (QED) is 0.803. The first-order chi connectivity index (χ1) is 7.26. The minimum Gasteiger partial charge on any atom is -0.376 e. The topological polar surface area (TPSA) is 24.1 Å². The lowest BCUT2D eigenvalue weighted by molar-refractivity contribution is 0.151. The average molecular weight is 224 g/mol. The fraction of sp³-hybridized carbons (Fsp3) is 0.667. The second kappa shape index (κ2) is 4.54. The molecule has 1 heterocycles. The largest absolute Gasteiger partial charge is 0.376 e. The summed E-state index contributed by atoms with van der Waals surface area (Å²) in [6.07, 6.45) is 4.13. The van der Waals surface area contributed by atoms with E-state index in [-0.39, 0.29) is 0 Å². The van der Waals surface area contributed by atoms with Crippen LogP contribution < -0.4 is 10.6 Å². The van der Waals surface area contributed by atoms with Crippen LogP contribution in [0.2, 0.25) is 0 Å². The summed E-state index contributed by atoms with van der Waals surface area (Å²) in [5, 5.41) is 10.4. The highest BCUT2D eigenvalue weighted by Crippen LogP contribution is 2.40. The van der Waals surface area contributed by atoms with Crippen molar-refractivity contribution in [2.75, 3.05) is 25.5 Å². The SMILES string of the molecule is CNCC1(CNc2sccc2C)CCC1. The van der Waals surface area contributed by atoms with Gasteiger partial charge in [0.25, 0.3) is 0 Å². The molecule has 0 saturated heterocycles. The fourth-order valence-electron chi connectivity index (χ4n) is 2.29. The minimum atomic E-state index is 0.519. The van der Waals surface area contributed by atoms with Gasteiger partial charge in [0.1, 0.15) is 0 Å². The summed E-state index contributed by atoms with van der Waals surface area (Å²) in [5.41, 5.74) is 1.89. The molecule has 0 radical (unpaired) electrons. The number of hydrogen-bond donors (Lipinski definition) is 2. The van der Waals surface area contributed by atoms with Crippen LogP contribution in [0.5, 0.6) is 0 Å². The molecule has 0 bridgehead atoms. The molecular formula is C12H20N2S. The molecule has 2 nitrogen and oxygen atoms in total. The Bertz CT molecular complexity index is 315. The van der Waals surface area contributed by atoms with Crippen molar-refractivity contribution < 1.29 is 0 Å². The molecule has 0 amide bonds. The van der Waals surface area contributed by atoms with Crippen LogP contribution in [0.25, 0.3) is 0 Å². The molecule has 84 valence electrons. The summed E-state index contributed by atoms with van der Waals surface area (Å²) in [7, 11) is 2.05. The Morgan fingerprint density at radius 2 is 2.20 bits per heavy atom. The van der Waals surface area contributed by atoms with E-state index in [0.717, 1.165) is 13.1 Å². The monoisotopic (exact) mass is 224 g/mol. The Balaban J connectivity index is 1.89. The van der Waals surface area contributed by atoms with E-state index in [0.29, 0.717) is 5.41 Å². The van der Waals surface area contributed by atoms with Gasteiger partial charge >= 0.3 is 0 Å². The second-order valence-electron chi connectivity index (χ2n) is 4.67. The molecule has 1 aliphatic rings. The van der Waals surface area contributed by atoms with Crippen molar-refractivity contribution in [3.05, 3.63) is 17.0 Å². The molecule has 1 aromatic rings. The Hall–Kier alpha value is -0.540. The van der Waals surface area contributed by atoms with Crippen LogP contribution in [-0.2, 0) is 0 Å². The van der Waals surface area contributed by atoms with Gasteiger partial charge in [-0.05, 0) is 43.8 Å². The van der Waals surface area contributed by atoms with Crippen LogP contribution in [0.15, 0.2) is 11.4 Å². The molecule has 1 fully saturated rings. The molecule has 1 aliphatic carbocycles. The van der Waals surface area contributed by atoms with Crippen LogP contribution in [-0.4, -0.2) is 20.1 Å². The summed E-state index contributed by atoms with van der Waals surface area (Å²) in [4.78, 5) is 0. The first-order valence-corrected chi connectivity index (χ1v) is 6.56. The van der Waals surface area contributed by atoms with Gasteiger partial charge in [0.05, 0.1) is 5.00 Å². The van der Waals surface area contributed by atoms with E-state index in [1.807, 2.05) is 11.3 Å². The van der Waals surface area contributed by atoms with Crippen LogP contribution in [0.1, 0.15) is 24.8 Å². The first-order valence-electron chi connectivity index (χ1n) is 5.68. The smallest absolute Gasteiger partial charge is 0.0912 e. The van der Waals surface area contributed by atoms with E-state index in [1.54, 1.807) is 0 Å². The molecule has 0 atom stereocenters. The normalized spacial score (nSPS) is 18.5. The lowest BCUT2D eigenvalue weighted by atomic mass is 9.68. The number of thiophene rings is 1. The van der Waals surface area contributed by atoms with E-state index < -0.39 is 0 Å². The standard InChI is InChI=1S/C12H20N2S/c1-10-4-7-15-11(10)14-9-12(8-13-2)5-3-6-12/h4,7,13-14H,3,5-6,8-9H2,1-2H3. The number of anilines is 1. The predicted molar refractivity (Wildman–Crippen MR) is 67.8 cm³/mol. The third-order valence-electron chi connectivity index (χ3n) is 3.45. The van der Waals surface area contributed by atoms with E-state index in [9.17, 15) is 0 Å². The van der Waals surface area contributed by atoms with Gasteiger partial charge in [-0.25, -0.2) is 0 Å². The van der Waals surface area contributed by atoms with Crippen LogP contribution in [0.3, 0.4) is 0 Å². The highest BCUT2D eigenvalue weighted by atomic mass is 32.1. The maximum Gasteiger partial charge on any atom is 0.0912 e. The fourth-order valence-corrected chi connectivity index (χ4v) is 3.11. The second-order valence-corrected chi connectivity index (χ2v) is 5.59. The van der Waals surface area contributed by atoms with Crippen LogP contribution >= 0.6 is 11.3 Å². The molecule has 0 spiro atoms. The van der Waals surface area contributed by atoms with Crippen molar-refractivity contribution in [2.45, 2.75) is 26.2 Å².